The third kappa shape index (κ3) is 5.18. The van der Waals surface area contributed by atoms with Crippen molar-refractivity contribution in [1.29, 1.82) is 0 Å². The number of hydrogen-bond donors (Lipinski definition) is 1. The molecule has 0 unspecified atom stereocenters. The normalized spacial score (nSPS) is 11.1. The van der Waals surface area contributed by atoms with Crippen LogP contribution in [0.2, 0.25) is 5.15 Å². The molecule has 0 saturated heterocycles. The fourth-order valence-corrected chi connectivity index (χ4v) is 4.80. The number of hydrazone groups is 1. The predicted molar refractivity (Wildman–Crippen MR) is 134 cm³/mol. The van der Waals surface area contributed by atoms with Gasteiger partial charge in [-0.1, -0.05) is 54.1 Å². The Morgan fingerprint density at radius 2 is 1.81 bits per heavy atom. The number of carbonyl (C=O) groups excluding carboxylic acids is 1. The Kier molecular flexibility index (Phi) is 7.19. The van der Waals surface area contributed by atoms with Crippen molar-refractivity contribution in [2.24, 2.45) is 5.10 Å². The predicted octanol–water partition coefficient (Wildman–Crippen LogP) is 6.76. The zero-order valence-corrected chi connectivity index (χ0v) is 20.5. The topological polar surface area (TPSA) is 63.6 Å². The van der Waals surface area contributed by atoms with Crippen molar-refractivity contribution >= 4 is 66.4 Å². The number of halogens is 3. The SMILES string of the molecule is O=C(NN=Cc1cc(Br)c(OCc2cccc3ccccc23)c(Br)c1)c1cccnc1Cl. The van der Waals surface area contributed by atoms with E-state index in [9.17, 15) is 4.79 Å². The molecule has 1 N–H and O–H groups in total. The second-order valence-corrected chi connectivity index (χ2v) is 8.85. The van der Waals surface area contributed by atoms with Crippen molar-refractivity contribution in [3.8, 4) is 5.75 Å². The molecule has 32 heavy (non-hydrogen) atoms. The fraction of sp³-hybridized carbons (Fsp3) is 0.0417. The zero-order valence-electron chi connectivity index (χ0n) is 16.6. The Labute approximate surface area is 206 Å². The first kappa shape index (κ1) is 22.5. The summed E-state index contributed by atoms with van der Waals surface area (Å²) in [5.41, 5.74) is 4.57. The minimum Gasteiger partial charge on any atom is -0.487 e. The van der Waals surface area contributed by atoms with Gasteiger partial charge in [0.1, 0.15) is 17.5 Å². The molecule has 4 aromatic rings. The summed E-state index contributed by atoms with van der Waals surface area (Å²) in [5.74, 6) is 0.244. The van der Waals surface area contributed by atoms with Gasteiger partial charge >= 0.3 is 0 Å². The second-order valence-electron chi connectivity index (χ2n) is 6.78. The Morgan fingerprint density at radius 3 is 2.59 bits per heavy atom. The molecule has 160 valence electrons. The molecule has 3 aromatic carbocycles. The Hall–Kier alpha value is -2.74. The summed E-state index contributed by atoms with van der Waals surface area (Å²) in [6.45, 7) is 0.425. The molecule has 8 heteroatoms. The molecule has 1 heterocycles. The van der Waals surface area contributed by atoms with Crippen molar-refractivity contribution in [3.05, 3.63) is 104 Å². The maximum absolute atomic E-state index is 12.2. The summed E-state index contributed by atoms with van der Waals surface area (Å²) in [6, 6.07) is 21.3. The molecule has 4 rings (SSSR count). The summed E-state index contributed by atoms with van der Waals surface area (Å²) >= 11 is 13.0. The lowest BCUT2D eigenvalue weighted by Gasteiger charge is -2.13. The van der Waals surface area contributed by atoms with Gasteiger partial charge in [0.05, 0.1) is 20.7 Å². The fourth-order valence-electron chi connectivity index (χ4n) is 3.14. The summed E-state index contributed by atoms with van der Waals surface area (Å²) in [5, 5.41) is 6.47. The Balaban J connectivity index is 1.45. The van der Waals surface area contributed by atoms with Crippen LogP contribution < -0.4 is 10.2 Å². The molecule has 0 aliphatic heterocycles. The number of ether oxygens (including phenoxy) is 1. The number of amides is 1. The number of nitrogens with zero attached hydrogens (tertiary/aromatic N) is 2. The number of pyridine rings is 1. The van der Waals surface area contributed by atoms with Gasteiger partial charge < -0.3 is 4.74 Å². The van der Waals surface area contributed by atoms with E-state index in [0.717, 1.165) is 25.5 Å². The number of aromatic nitrogens is 1. The number of hydrogen-bond acceptors (Lipinski definition) is 4. The van der Waals surface area contributed by atoms with E-state index >= 15 is 0 Å². The highest BCUT2D eigenvalue weighted by Gasteiger charge is 2.11. The molecule has 0 saturated carbocycles. The van der Waals surface area contributed by atoms with Crippen LogP contribution in [0.3, 0.4) is 0 Å². The number of benzene rings is 3. The summed E-state index contributed by atoms with van der Waals surface area (Å²) in [4.78, 5) is 16.1. The molecule has 0 spiro atoms. The molecule has 0 aliphatic rings. The molecule has 0 radical (unpaired) electrons. The monoisotopic (exact) mass is 571 g/mol. The highest BCUT2D eigenvalue weighted by atomic mass is 79.9. The molecule has 5 nitrogen and oxygen atoms in total. The van der Waals surface area contributed by atoms with Gasteiger partial charge in [-0.3, -0.25) is 4.79 Å². The van der Waals surface area contributed by atoms with E-state index in [2.05, 4.69) is 71.6 Å². The van der Waals surface area contributed by atoms with E-state index in [4.69, 9.17) is 16.3 Å². The average molecular weight is 574 g/mol. The van der Waals surface area contributed by atoms with Crippen molar-refractivity contribution in [3.63, 3.8) is 0 Å². The highest BCUT2D eigenvalue weighted by molar-refractivity contribution is 9.11. The van der Waals surface area contributed by atoms with Gasteiger partial charge in [-0.15, -0.1) is 0 Å². The minimum absolute atomic E-state index is 0.124. The Bertz CT molecular complexity index is 1300. The molecule has 1 aromatic heterocycles. The van der Waals surface area contributed by atoms with Crippen LogP contribution in [0.5, 0.6) is 5.75 Å². The Morgan fingerprint density at radius 1 is 1.06 bits per heavy atom. The molecule has 1 amide bonds. The van der Waals surface area contributed by atoms with Gasteiger partial charge in [0.25, 0.3) is 5.91 Å². The standard InChI is InChI=1S/C24H16Br2ClN3O2/c25-20-11-15(13-29-30-24(31)19-9-4-10-28-23(19)27)12-21(26)22(20)32-14-17-7-3-6-16-5-1-2-8-18(16)17/h1-13H,14H2,(H,30,31). The molecule has 0 fully saturated rings. The van der Waals surface area contributed by atoms with Gasteiger partial charge in [0, 0.05) is 6.20 Å². The summed E-state index contributed by atoms with van der Waals surface area (Å²) in [7, 11) is 0. The lowest BCUT2D eigenvalue weighted by atomic mass is 10.1. The number of nitrogens with one attached hydrogen (secondary N) is 1. The van der Waals surface area contributed by atoms with Crippen LogP contribution >= 0.6 is 43.5 Å². The number of carbonyl (C=O) groups is 1. The first-order valence-electron chi connectivity index (χ1n) is 9.55. The second kappa shape index (κ2) is 10.3. The third-order valence-corrected chi connectivity index (χ3v) is 6.14. The van der Waals surface area contributed by atoms with Crippen LogP contribution in [0.1, 0.15) is 21.5 Å². The zero-order chi connectivity index (χ0) is 22.5. The first-order chi connectivity index (χ1) is 15.5. The van der Waals surface area contributed by atoms with Gasteiger partial charge in [0.2, 0.25) is 0 Å². The van der Waals surface area contributed by atoms with Crippen LogP contribution in [0.15, 0.2) is 87.0 Å². The maximum atomic E-state index is 12.2. The van der Waals surface area contributed by atoms with E-state index in [0.29, 0.717) is 12.4 Å². The summed E-state index contributed by atoms with van der Waals surface area (Å²) < 4.78 is 7.62. The molecule has 0 aliphatic carbocycles. The van der Waals surface area contributed by atoms with Gasteiger partial charge in [-0.05, 0) is 78.0 Å². The van der Waals surface area contributed by atoms with Crippen LogP contribution in [0.4, 0.5) is 0 Å². The summed E-state index contributed by atoms with van der Waals surface area (Å²) in [6.07, 6.45) is 3.05. The molecule has 0 bridgehead atoms. The maximum Gasteiger partial charge on any atom is 0.274 e. The largest absolute Gasteiger partial charge is 0.487 e. The van der Waals surface area contributed by atoms with E-state index in [1.165, 1.54) is 17.8 Å². The van der Waals surface area contributed by atoms with Crippen LogP contribution in [0, 0.1) is 0 Å². The van der Waals surface area contributed by atoms with Crippen molar-refractivity contribution in [2.75, 3.05) is 0 Å². The van der Waals surface area contributed by atoms with Gasteiger partial charge in [-0.25, -0.2) is 10.4 Å². The van der Waals surface area contributed by atoms with Crippen molar-refractivity contribution in [1.82, 2.24) is 10.4 Å². The van der Waals surface area contributed by atoms with E-state index < -0.39 is 5.91 Å². The lowest BCUT2D eigenvalue weighted by molar-refractivity contribution is 0.0955. The highest BCUT2D eigenvalue weighted by Crippen LogP contribution is 2.35. The van der Waals surface area contributed by atoms with E-state index in [-0.39, 0.29) is 10.7 Å². The van der Waals surface area contributed by atoms with Crippen molar-refractivity contribution in [2.45, 2.75) is 6.61 Å². The minimum atomic E-state index is -0.437. The quantitative estimate of drug-likeness (QED) is 0.158. The average Bonchev–Trinajstić information content (AvgIpc) is 2.79. The van der Waals surface area contributed by atoms with E-state index in [1.807, 2.05) is 30.3 Å². The van der Waals surface area contributed by atoms with Crippen LogP contribution in [0.25, 0.3) is 10.8 Å². The number of fused-ring (bicyclic) bond motifs is 1. The van der Waals surface area contributed by atoms with Crippen LogP contribution in [-0.2, 0) is 6.61 Å². The first-order valence-corrected chi connectivity index (χ1v) is 11.5. The van der Waals surface area contributed by atoms with Crippen molar-refractivity contribution < 1.29 is 9.53 Å². The van der Waals surface area contributed by atoms with Gasteiger partial charge in [-0.2, -0.15) is 5.10 Å². The smallest absolute Gasteiger partial charge is 0.274 e. The molecular formula is C24H16Br2ClN3O2. The molecule has 0 atom stereocenters. The van der Waals surface area contributed by atoms with Crippen LogP contribution in [-0.4, -0.2) is 17.1 Å². The molecular weight excluding hydrogens is 558 g/mol. The third-order valence-electron chi connectivity index (χ3n) is 4.66. The van der Waals surface area contributed by atoms with Gasteiger partial charge in [0.15, 0.2) is 0 Å². The lowest BCUT2D eigenvalue weighted by Crippen LogP contribution is -2.18. The van der Waals surface area contributed by atoms with E-state index in [1.54, 1.807) is 12.1 Å². The number of rotatable bonds is 6.